The molecular weight excluding hydrogens is 468 g/mol. The van der Waals surface area contributed by atoms with Gasteiger partial charge in [-0.2, -0.15) is 0 Å². The van der Waals surface area contributed by atoms with Crippen molar-refractivity contribution in [3.8, 4) is 0 Å². The summed E-state index contributed by atoms with van der Waals surface area (Å²) in [6, 6.07) is 21.3. The zero-order valence-corrected chi connectivity index (χ0v) is 21.7. The molecule has 2 unspecified atom stereocenters. The van der Waals surface area contributed by atoms with E-state index in [-0.39, 0.29) is 23.2 Å². The molecule has 0 saturated carbocycles. The van der Waals surface area contributed by atoms with Crippen molar-refractivity contribution in [1.29, 1.82) is 0 Å². The molecule has 5 heteroatoms. The Bertz CT molecular complexity index is 1410. The van der Waals surface area contributed by atoms with Crippen LogP contribution in [0.25, 0.3) is 0 Å². The molecule has 0 aliphatic rings. The highest BCUT2D eigenvalue weighted by Gasteiger charge is 2.23. The normalized spacial score (nSPS) is 12.8. The van der Waals surface area contributed by atoms with Gasteiger partial charge in [0.25, 0.3) is 5.56 Å². The molecule has 0 spiro atoms. The smallest absolute Gasteiger partial charge is 0.250 e. The van der Waals surface area contributed by atoms with Crippen molar-refractivity contribution in [2.75, 3.05) is 0 Å². The van der Waals surface area contributed by atoms with E-state index >= 15 is 0 Å². The maximum absolute atomic E-state index is 13.3. The van der Waals surface area contributed by atoms with Crippen LogP contribution in [0.5, 0.6) is 0 Å². The maximum Gasteiger partial charge on any atom is 0.250 e. The number of aryl methyl sites for hydroxylation is 1. The summed E-state index contributed by atoms with van der Waals surface area (Å²) < 4.78 is 1.68. The zero-order chi connectivity index (χ0) is 25.7. The van der Waals surface area contributed by atoms with Crippen molar-refractivity contribution in [2.45, 2.75) is 40.2 Å². The van der Waals surface area contributed by atoms with Gasteiger partial charge in [0.05, 0.1) is 6.54 Å². The number of benzene rings is 2. The van der Waals surface area contributed by atoms with Crippen molar-refractivity contribution >= 4 is 17.4 Å². The number of nitrogens with zero attached hydrogens (tertiary/aromatic N) is 2. The first kappa shape index (κ1) is 25.6. The Hall–Kier alpha value is -3.50. The van der Waals surface area contributed by atoms with Crippen LogP contribution in [0.3, 0.4) is 0 Å². The number of pyridine rings is 2. The molecule has 184 valence electrons. The highest BCUT2D eigenvalue weighted by Crippen LogP contribution is 2.25. The molecule has 0 bridgehead atoms. The summed E-state index contributed by atoms with van der Waals surface area (Å²) in [6.45, 7) is 6.72. The summed E-state index contributed by atoms with van der Waals surface area (Å²) >= 11 is 6.09. The van der Waals surface area contributed by atoms with E-state index in [1.54, 1.807) is 29.1 Å². The molecular formula is C31H31ClN2O2. The van der Waals surface area contributed by atoms with Crippen LogP contribution in [-0.4, -0.2) is 15.3 Å². The topological polar surface area (TPSA) is 52.0 Å². The van der Waals surface area contributed by atoms with E-state index in [2.05, 4.69) is 37.0 Å². The number of rotatable bonds is 9. The summed E-state index contributed by atoms with van der Waals surface area (Å²) in [5.41, 5.74) is 6.21. The van der Waals surface area contributed by atoms with Crippen molar-refractivity contribution in [3.63, 3.8) is 0 Å². The molecule has 4 aromatic rings. The van der Waals surface area contributed by atoms with Gasteiger partial charge in [0.2, 0.25) is 0 Å². The molecule has 0 N–H and O–H groups in total. The molecule has 2 aromatic carbocycles. The van der Waals surface area contributed by atoms with E-state index in [1.165, 1.54) is 5.56 Å². The predicted molar refractivity (Wildman–Crippen MR) is 146 cm³/mol. The summed E-state index contributed by atoms with van der Waals surface area (Å²) in [4.78, 5) is 29.6. The monoisotopic (exact) mass is 498 g/mol. The first-order valence-corrected chi connectivity index (χ1v) is 12.6. The third-order valence-electron chi connectivity index (χ3n) is 6.88. The third-order valence-corrected chi connectivity index (χ3v) is 7.11. The van der Waals surface area contributed by atoms with Gasteiger partial charge < -0.3 is 4.57 Å². The van der Waals surface area contributed by atoms with E-state index in [4.69, 9.17) is 11.6 Å². The lowest BCUT2D eigenvalue weighted by atomic mass is 9.83. The first-order valence-electron chi connectivity index (χ1n) is 12.3. The lowest BCUT2D eigenvalue weighted by Crippen LogP contribution is -2.21. The number of hydrogen-bond acceptors (Lipinski definition) is 3. The van der Waals surface area contributed by atoms with Gasteiger partial charge in [-0.05, 0) is 77.8 Å². The molecule has 4 rings (SSSR count). The Kier molecular flexibility index (Phi) is 8.17. The standard InChI is InChI=1S/C31H31ClN2O2/c1-21(14-27-11-12-29(32)15-22(27)2)23(3)31(36)28-17-26(18-33-19-28)16-24-7-9-25(10-8-24)20-34-13-5-4-6-30(34)35/h4-13,15,17-19,21,23H,14,16,20H2,1-3H3. The number of carbonyl (C=O) groups excluding carboxylic acids is 1. The minimum absolute atomic E-state index is 0.0130. The summed E-state index contributed by atoms with van der Waals surface area (Å²) in [5, 5.41) is 0.734. The zero-order valence-electron chi connectivity index (χ0n) is 20.9. The minimum atomic E-state index is -0.127. The lowest BCUT2D eigenvalue weighted by molar-refractivity contribution is 0.0892. The van der Waals surface area contributed by atoms with Gasteiger partial charge in [-0.1, -0.05) is 61.8 Å². The fourth-order valence-electron chi connectivity index (χ4n) is 4.44. The summed E-state index contributed by atoms with van der Waals surface area (Å²) in [6.07, 6.45) is 6.80. The highest BCUT2D eigenvalue weighted by atomic mass is 35.5. The lowest BCUT2D eigenvalue weighted by Gasteiger charge is -2.20. The van der Waals surface area contributed by atoms with Crippen LogP contribution in [0.4, 0.5) is 0 Å². The van der Waals surface area contributed by atoms with E-state index in [1.807, 2.05) is 49.5 Å². The molecule has 2 heterocycles. The van der Waals surface area contributed by atoms with Crippen LogP contribution in [0.15, 0.2) is 90.1 Å². The summed E-state index contributed by atoms with van der Waals surface area (Å²) in [7, 11) is 0. The Labute approximate surface area is 217 Å². The van der Waals surface area contributed by atoms with Crippen molar-refractivity contribution in [1.82, 2.24) is 9.55 Å². The van der Waals surface area contributed by atoms with Crippen LogP contribution in [-0.2, 0) is 19.4 Å². The second-order valence-corrected chi connectivity index (χ2v) is 10.1. The van der Waals surface area contributed by atoms with Crippen molar-refractivity contribution < 1.29 is 4.79 Å². The van der Waals surface area contributed by atoms with Crippen LogP contribution < -0.4 is 5.56 Å². The van der Waals surface area contributed by atoms with Crippen LogP contribution in [0, 0.1) is 18.8 Å². The molecule has 0 aliphatic carbocycles. The fourth-order valence-corrected chi connectivity index (χ4v) is 4.67. The highest BCUT2D eigenvalue weighted by molar-refractivity contribution is 6.30. The number of hydrogen-bond donors (Lipinski definition) is 0. The summed E-state index contributed by atoms with van der Waals surface area (Å²) in [5.74, 6) is 0.176. The van der Waals surface area contributed by atoms with Gasteiger partial charge in [0.15, 0.2) is 5.78 Å². The molecule has 0 fully saturated rings. The number of Topliss-reactive ketones (excluding diaryl/α,β-unsaturated/α-hetero) is 1. The van der Waals surface area contributed by atoms with Gasteiger partial charge in [0, 0.05) is 41.2 Å². The van der Waals surface area contributed by atoms with Gasteiger partial charge in [0.1, 0.15) is 0 Å². The Morgan fingerprint density at radius 2 is 1.69 bits per heavy atom. The largest absolute Gasteiger partial charge is 0.311 e. The van der Waals surface area contributed by atoms with Gasteiger partial charge in [-0.25, -0.2) is 0 Å². The molecule has 0 aliphatic heterocycles. The number of halogens is 1. The second kappa shape index (κ2) is 11.5. The second-order valence-electron chi connectivity index (χ2n) is 9.65. The van der Waals surface area contributed by atoms with Crippen LogP contribution in [0.2, 0.25) is 5.02 Å². The number of ketones is 1. The fraction of sp³-hybridized carbons (Fsp3) is 0.258. The Morgan fingerprint density at radius 1 is 0.944 bits per heavy atom. The molecule has 0 radical (unpaired) electrons. The SMILES string of the molecule is Cc1cc(Cl)ccc1CC(C)C(C)C(=O)c1cncc(Cc2ccc(Cn3ccccc3=O)cc2)c1. The average molecular weight is 499 g/mol. The Morgan fingerprint density at radius 3 is 2.42 bits per heavy atom. The van der Waals surface area contributed by atoms with Gasteiger partial charge >= 0.3 is 0 Å². The Balaban J connectivity index is 1.41. The average Bonchev–Trinajstić information content (AvgIpc) is 2.87. The maximum atomic E-state index is 13.3. The predicted octanol–water partition coefficient (Wildman–Crippen LogP) is 6.54. The number of aromatic nitrogens is 2. The third kappa shape index (κ3) is 6.38. The molecule has 2 aromatic heterocycles. The molecule has 36 heavy (non-hydrogen) atoms. The molecule has 0 saturated heterocycles. The van der Waals surface area contributed by atoms with Crippen molar-refractivity contribution in [3.05, 3.63) is 134 Å². The van der Waals surface area contributed by atoms with Crippen molar-refractivity contribution in [2.24, 2.45) is 11.8 Å². The van der Waals surface area contributed by atoms with E-state index in [9.17, 15) is 9.59 Å². The molecule has 4 nitrogen and oxygen atoms in total. The van der Waals surface area contributed by atoms with E-state index in [0.717, 1.165) is 33.7 Å². The van der Waals surface area contributed by atoms with Crippen LogP contribution >= 0.6 is 11.6 Å². The molecule has 2 atom stereocenters. The molecule has 0 amide bonds. The van der Waals surface area contributed by atoms with Gasteiger partial charge in [-0.3, -0.25) is 14.6 Å². The minimum Gasteiger partial charge on any atom is -0.311 e. The van der Waals surface area contributed by atoms with E-state index < -0.39 is 0 Å². The quantitative estimate of drug-likeness (QED) is 0.246. The first-order chi connectivity index (χ1) is 17.3. The van der Waals surface area contributed by atoms with Crippen LogP contribution in [0.1, 0.15) is 52.0 Å². The van der Waals surface area contributed by atoms with E-state index in [0.29, 0.717) is 18.5 Å². The number of carbonyl (C=O) groups is 1. The van der Waals surface area contributed by atoms with Gasteiger partial charge in [-0.15, -0.1) is 0 Å².